The van der Waals surface area contributed by atoms with Crippen LogP contribution in [0.15, 0.2) is 23.2 Å². The SMILES string of the molecule is C[C@@]1(O)[C@@H]([C@H](O)c2ccc(Cl)c(Cl)c2)O[C@@H](N2CCC3C2=NCNC3N)[C@@H]1O. The number of nitrogens with one attached hydrogen (secondary N) is 1. The lowest BCUT2D eigenvalue weighted by molar-refractivity contribution is -0.117. The van der Waals surface area contributed by atoms with Crippen LogP contribution in [0.2, 0.25) is 10.0 Å². The second-order valence-corrected chi connectivity index (χ2v) is 8.54. The number of rotatable bonds is 3. The first-order chi connectivity index (χ1) is 13.2. The number of hydrogen-bond donors (Lipinski definition) is 5. The second-order valence-electron chi connectivity index (χ2n) is 7.73. The average molecular weight is 431 g/mol. The second kappa shape index (κ2) is 7.37. The molecule has 2 fully saturated rings. The number of nitrogens with zero attached hydrogens (tertiary/aromatic N) is 2. The van der Waals surface area contributed by atoms with E-state index >= 15 is 0 Å². The Kier molecular flexibility index (Phi) is 5.35. The number of aliphatic hydroxyl groups excluding tert-OH is 2. The third-order valence-corrected chi connectivity index (χ3v) is 6.66. The number of likely N-dealkylation sites (tertiary alicyclic amines) is 1. The lowest BCUT2D eigenvalue weighted by Gasteiger charge is -2.33. The number of ether oxygens (including phenoxy) is 1. The van der Waals surface area contributed by atoms with Gasteiger partial charge in [-0.3, -0.25) is 10.3 Å². The molecule has 0 aliphatic carbocycles. The van der Waals surface area contributed by atoms with Crippen molar-refractivity contribution in [3.63, 3.8) is 0 Å². The molecule has 3 aliphatic rings. The maximum Gasteiger partial charge on any atom is 0.160 e. The largest absolute Gasteiger partial charge is 0.386 e. The molecule has 4 rings (SSSR count). The Bertz CT molecular complexity index is 793. The van der Waals surface area contributed by atoms with Crippen LogP contribution in [0.3, 0.4) is 0 Å². The zero-order valence-corrected chi connectivity index (χ0v) is 16.8. The smallest absolute Gasteiger partial charge is 0.160 e. The van der Waals surface area contributed by atoms with Crippen LogP contribution in [-0.4, -0.2) is 69.5 Å². The number of halogens is 2. The lowest BCUT2D eigenvalue weighted by Crippen LogP contribution is -2.54. The molecule has 0 aromatic heterocycles. The van der Waals surface area contributed by atoms with E-state index in [0.29, 0.717) is 23.8 Å². The fourth-order valence-corrected chi connectivity index (χ4v) is 4.55. The molecule has 28 heavy (non-hydrogen) atoms. The number of aliphatic hydroxyl groups is 3. The van der Waals surface area contributed by atoms with E-state index in [2.05, 4.69) is 10.3 Å². The zero-order chi connectivity index (χ0) is 20.2. The molecule has 0 amide bonds. The van der Waals surface area contributed by atoms with E-state index in [1.807, 2.05) is 4.90 Å². The number of amidine groups is 1. The number of benzene rings is 1. The summed E-state index contributed by atoms with van der Waals surface area (Å²) in [5.74, 6) is 0.782. The Morgan fingerprint density at radius 3 is 2.86 bits per heavy atom. The summed E-state index contributed by atoms with van der Waals surface area (Å²) in [7, 11) is 0. The van der Waals surface area contributed by atoms with E-state index in [1.54, 1.807) is 12.1 Å². The summed E-state index contributed by atoms with van der Waals surface area (Å²) < 4.78 is 6.00. The van der Waals surface area contributed by atoms with Gasteiger partial charge in [0.25, 0.3) is 0 Å². The lowest BCUT2D eigenvalue weighted by atomic mass is 9.88. The third-order valence-electron chi connectivity index (χ3n) is 5.92. The molecular formula is C18H24Cl2N4O4. The monoisotopic (exact) mass is 430 g/mol. The first kappa shape index (κ1) is 20.3. The van der Waals surface area contributed by atoms with Gasteiger partial charge in [0.1, 0.15) is 29.7 Å². The highest BCUT2D eigenvalue weighted by Crippen LogP contribution is 2.42. The summed E-state index contributed by atoms with van der Waals surface area (Å²) in [6, 6.07) is 4.70. The Balaban J connectivity index is 1.59. The van der Waals surface area contributed by atoms with Crippen LogP contribution in [-0.2, 0) is 4.74 Å². The molecule has 2 unspecified atom stereocenters. The maximum atomic E-state index is 11.0. The molecular weight excluding hydrogens is 407 g/mol. The van der Waals surface area contributed by atoms with Gasteiger partial charge in [-0.05, 0) is 31.0 Å². The highest BCUT2D eigenvalue weighted by atomic mass is 35.5. The van der Waals surface area contributed by atoms with Crippen molar-refractivity contribution in [3.05, 3.63) is 33.8 Å². The van der Waals surface area contributed by atoms with Gasteiger partial charge in [0.2, 0.25) is 0 Å². The van der Waals surface area contributed by atoms with E-state index < -0.39 is 30.1 Å². The molecule has 3 aliphatic heterocycles. The minimum atomic E-state index is -1.69. The predicted octanol–water partition coefficient (Wildman–Crippen LogP) is 0.429. The number of fused-ring (bicyclic) bond motifs is 1. The summed E-state index contributed by atoms with van der Waals surface area (Å²) in [4.78, 5) is 6.32. The summed E-state index contributed by atoms with van der Waals surface area (Å²) in [6.45, 7) is 2.43. The maximum absolute atomic E-state index is 11.0. The van der Waals surface area contributed by atoms with E-state index in [-0.39, 0.29) is 17.1 Å². The quantitative estimate of drug-likeness (QED) is 0.470. The summed E-state index contributed by atoms with van der Waals surface area (Å²) in [5.41, 5.74) is 4.86. The molecule has 0 spiro atoms. The molecule has 1 aromatic rings. The summed E-state index contributed by atoms with van der Waals surface area (Å²) in [5, 5.41) is 36.4. The van der Waals surface area contributed by atoms with Crippen LogP contribution in [0.5, 0.6) is 0 Å². The fourth-order valence-electron chi connectivity index (χ4n) is 4.24. The van der Waals surface area contributed by atoms with Crippen LogP contribution < -0.4 is 11.1 Å². The van der Waals surface area contributed by atoms with Crippen molar-refractivity contribution in [2.75, 3.05) is 13.2 Å². The Hall–Kier alpha value is -0.970. The van der Waals surface area contributed by atoms with Crippen LogP contribution in [0, 0.1) is 5.92 Å². The first-order valence-electron chi connectivity index (χ1n) is 9.20. The van der Waals surface area contributed by atoms with Crippen molar-refractivity contribution in [2.24, 2.45) is 16.6 Å². The minimum Gasteiger partial charge on any atom is -0.386 e. The molecule has 3 heterocycles. The van der Waals surface area contributed by atoms with E-state index in [0.717, 1.165) is 12.3 Å². The van der Waals surface area contributed by atoms with Gasteiger partial charge >= 0.3 is 0 Å². The van der Waals surface area contributed by atoms with Gasteiger partial charge in [0, 0.05) is 12.5 Å². The molecule has 0 bridgehead atoms. The van der Waals surface area contributed by atoms with Crippen molar-refractivity contribution < 1.29 is 20.1 Å². The van der Waals surface area contributed by atoms with Crippen LogP contribution in [0.1, 0.15) is 25.0 Å². The van der Waals surface area contributed by atoms with Crippen molar-refractivity contribution in [2.45, 2.75) is 49.7 Å². The molecule has 154 valence electrons. The molecule has 2 saturated heterocycles. The van der Waals surface area contributed by atoms with Crippen molar-refractivity contribution in [1.29, 1.82) is 0 Å². The zero-order valence-electron chi connectivity index (χ0n) is 15.3. The van der Waals surface area contributed by atoms with Gasteiger partial charge in [0.15, 0.2) is 6.23 Å². The summed E-state index contributed by atoms with van der Waals surface area (Å²) >= 11 is 12.0. The molecule has 10 heteroatoms. The highest BCUT2D eigenvalue weighted by molar-refractivity contribution is 6.42. The average Bonchev–Trinajstić information content (AvgIpc) is 3.17. The molecule has 8 nitrogen and oxygen atoms in total. The summed E-state index contributed by atoms with van der Waals surface area (Å²) in [6.07, 6.45) is -3.82. The number of nitrogens with two attached hydrogens (primary N) is 1. The number of hydrogen-bond acceptors (Lipinski definition) is 8. The van der Waals surface area contributed by atoms with E-state index in [9.17, 15) is 15.3 Å². The van der Waals surface area contributed by atoms with E-state index in [4.69, 9.17) is 33.7 Å². The van der Waals surface area contributed by atoms with Crippen molar-refractivity contribution in [1.82, 2.24) is 10.2 Å². The van der Waals surface area contributed by atoms with Crippen molar-refractivity contribution >= 4 is 29.0 Å². The van der Waals surface area contributed by atoms with Crippen LogP contribution >= 0.6 is 23.2 Å². The predicted molar refractivity (Wildman–Crippen MR) is 105 cm³/mol. The van der Waals surface area contributed by atoms with Crippen LogP contribution in [0.25, 0.3) is 0 Å². The van der Waals surface area contributed by atoms with E-state index in [1.165, 1.54) is 13.0 Å². The minimum absolute atomic E-state index is 0.0218. The molecule has 1 aromatic carbocycles. The third kappa shape index (κ3) is 3.22. The molecule has 0 saturated carbocycles. The van der Waals surface area contributed by atoms with Gasteiger partial charge in [0.05, 0.1) is 22.9 Å². The van der Waals surface area contributed by atoms with Gasteiger partial charge < -0.3 is 30.7 Å². The molecule has 0 radical (unpaired) electrons. The topological polar surface area (TPSA) is 124 Å². The Labute approximate surface area is 172 Å². The van der Waals surface area contributed by atoms with Gasteiger partial charge in [-0.25, -0.2) is 0 Å². The van der Waals surface area contributed by atoms with Crippen LogP contribution in [0.4, 0.5) is 0 Å². The Morgan fingerprint density at radius 2 is 2.14 bits per heavy atom. The fraction of sp³-hybridized carbons (Fsp3) is 0.611. The van der Waals surface area contributed by atoms with Gasteiger partial charge in [-0.1, -0.05) is 29.3 Å². The normalized spacial score (nSPS) is 39.0. The van der Waals surface area contributed by atoms with Crippen molar-refractivity contribution in [3.8, 4) is 0 Å². The first-order valence-corrected chi connectivity index (χ1v) is 9.96. The number of aliphatic imine (C=N–C) groups is 1. The Morgan fingerprint density at radius 1 is 1.39 bits per heavy atom. The standard InChI is InChI=1S/C18H24Cl2N4O4/c1-18(27)13(26)17(24-5-4-9-15(21)22-7-23-16(9)24)28-14(18)12(25)8-2-3-10(19)11(20)6-8/h2-3,6,9,12-15,17,22,25-27H,4-5,7,21H2,1H3/t9?,12-,13+,14-,15?,17-,18+/m1/s1. The molecule has 6 N–H and O–H groups in total. The van der Waals surface area contributed by atoms with Gasteiger partial charge in [-0.15, -0.1) is 0 Å². The van der Waals surface area contributed by atoms with Gasteiger partial charge in [-0.2, -0.15) is 0 Å². The molecule has 7 atom stereocenters. The highest BCUT2D eigenvalue weighted by Gasteiger charge is 2.58.